The first-order chi connectivity index (χ1) is 14.6. The van der Waals surface area contributed by atoms with E-state index >= 15 is 0 Å². The van der Waals surface area contributed by atoms with Gasteiger partial charge in [-0.2, -0.15) is 5.10 Å². The van der Waals surface area contributed by atoms with Crippen molar-refractivity contribution in [2.75, 3.05) is 5.32 Å². The summed E-state index contributed by atoms with van der Waals surface area (Å²) in [6, 6.07) is 7.94. The van der Waals surface area contributed by atoms with Gasteiger partial charge in [0.05, 0.1) is 0 Å². The zero-order chi connectivity index (χ0) is 21.3. The molecular weight excluding hydrogens is 416 g/mol. The van der Waals surface area contributed by atoms with Crippen LogP contribution in [0.2, 0.25) is 0 Å². The highest BCUT2D eigenvalue weighted by molar-refractivity contribution is 7.71. The number of H-pyrrole nitrogens is 1. The molecule has 0 spiro atoms. The van der Waals surface area contributed by atoms with Crippen molar-refractivity contribution < 1.29 is 4.79 Å². The Morgan fingerprint density at radius 1 is 1.13 bits per heavy atom. The number of nitrogens with zero attached hydrogens (tertiary/aromatic N) is 4. The van der Waals surface area contributed by atoms with Crippen LogP contribution in [0.25, 0.3) is 11.4 Å². The molecule has 0 saturated carbocycles. The lowest BCUT2D eigenvalue weighted by Gasteiger charge is -2.06. The van der Waals surface area contributed by atoms with Crippen molar-refractivity contribution >= 4 is 34.6 Å². The predicted molar refractivity (Wildman–Crippen MR) is 123 cm³/mol. The van der Waals surface area contributed by atoms with Crippen molar-refractivity contribution in [1.29, 1.82) is 0 Å². The quantitative estimate of drug-likeness (QED) is 0.309. The number of carbonyl (C=O) groups is 1. The van der Waals surface area contributed by atoms with E-state index < -0.39 is 0 Å². The molecule has 0 saturated heterocycles. The average molecular weight is 445 g/mol. The van der Waals surface area contributed by atoms with Crippen molar-refractivity contribution in [2.45, 2.75) is 65.3 Å². The van der Waals surface area contributed by atoms with E-state index in [0.29, 0.717) is 15.7 Å². The van der Waals surface area contributed by atoms with Crippen LogP contribution in [0.4, 0.5) is 5.13 Å². The topological polar surface area (TPSA) is 88.5 Å². The normalized spacial score (nSPS) is 11.0. The number of carbonyl (C=O) groups excluding carboxylic acids is 1. The van der Waals surface area contributed by atoms with E-state index in [1.807, 2.05) is 31.2 Å². The number of benzene rings is 1. The van der Waals surface area contributed by atoms with E-state index in [1.54, 1.807) is 4.57 Å². The van der Waals surface area contributed by atoms with Crippen LogP contribution in [0.15, 0.2) is 24.3 Å². The van der Waals surface area contributed by atoms with Gasteiger partial charge in [0.2, 0.25) is 11.0 Å². The minimum absolute atomic E-state index is 0.0604. The molecule has 0 bridgehead atoms. The number of hydrogen-bond donors (Lipinski definition) is 2. The van der Waals surface area contributed by atoms with Crippen LogP contribution >= 0.6 is 23.6 Å². The Morgan fingerprint density at radius 2 is 1.87 bits per heavy atom. The molecule has 7 nitrogen and oxygen atoms in total. The van der Waals surface area contributed by atoms with Gasteiger partial charge in [-0.05, 0) is 25.6 Å². The van der Waals surface area contributed by atoms with E-state index in [0.717, 1.165) is 29.0 Å². The first kappa shape index (κ1) is 22.3. The number of unbranched alkanes of at least 4 members (excludes halogenated alkanes) is 5. The molecule has 9 heteroatoms. The molecular formula is C21H28N6OS2. The van der Waals surface area contributed by atoms with Crippen LogP contribution in [0.1, 0.15) is 56.0 Å². The zero-order valence-electron chi connectivity index (χ0n) is 17.5. The molecule has 30 heavy (non-hydrogen) atoms. The van der Waals surface area contributed by atoms with Crippen molar-refractivity contribution in [2.24, 2.45) is 0 Å². The molecule has 0 unspecified atom stereocenters. The van der Waals surface area contributed by atoms with Crippen LogP contribution < -0.4 is 5.32 Å². The number of anilines is 1. The maximum absolute atomic E-state index is 12.6. The number of nitrogens with one attached hydrogen (secondary N) is 2. The highest BCUT2D eigenvalue weighted by Gasteiger charge is 2.14. The minimum Gasteiger partial charge on any atom is -0.299 e. The lowest BCUT2D eigenvalue weighted by molar-refractivity contribution is -0.116. The number of aryl methyl sites for hydroxylation is 2. The van der Waals surface area contributed by atoms with E-state index in [-0.39, 0.29) is 12.5 Å². The van der Waals surface area contributed by atoms with E-state index in [1.165, 1.54) is 43.4 Å². The molecule has 1 aromatic carbocycles. The molecule has 0 radical (unpaired) electrons. The van der Waals surface area contributed by atoms with E-state index in [2.05, 4.69) is 32.6 Å². The summed E-state index contributed by atoms with van der Waals surface area (Å²) in [7, 11) is 0. The number of rotatable bonds is 11. The number of aromatic amines is 1. The zero-order valence-corrected chi connectivity index (χ0v) is 19.1. The molecule has 0 aliphatic rings. The molecule has 2 N–H and O–H groups in total. The van der Waals surface area contributed by atoms with Crippen LogP contribution in [0, 0.1) is 11.7 Å². The summed E-state index contributed by atoms with van der Waals surface area (Å²) in [4.78, 5) is 12.6. The summed E-state index contributed by atoms with van der Waals surface area (Å²) in [5.74, 6) is 0.430. The SMILES string of the molecule is CCCCCCCCc1nnc(NC(=O)Cn2c(-c3ccc(C)cc3)n[nH]c2=S)s1. The molecule has 0 aliphatic carbocycles. The molecule has 3 rings (SSSR count). The van der Waals surface area contributed by atoms with Gasteiger partial charge < -0.3 is 0 Å². The summed E-state index contributed by atoms with van der Waals surface area (Å²) in [6.07, 6.45) is 8.36. The molecule has 0 fully saturated rings. The van der Waals surface area contributed by atoms with Crippen LogP contribution in [0.3, 0.4) is 0 Å². The Hall–Kier alpha value is -2.39. The largest absolute Gasteiger partial charge is 0.299 e. The second-order valence-electron chi connectivity index (χ2n) is 7.37. The Bertz CT molecular complexity index is 1010. The third kappa shape index (κ3) is 6.30. The maximum Gasteiger partial charge on any atom is 0.246 e. The summed E-state index contributed by atoms with van der Waals surface area (Å²) in [5.41, 5.74) is 2.06. The van der Waals surface area contributed by atoms with Gasteiger partial charge in [0.1, 0.15) is 11.6 Å². The highest BCUT2D eigenvalue weighted by Crippen LogP contribution is 2.20. The molecule has 0 aliphatic heterocycles. The fourth-order valence-corrected chi connectivity index (χ4v) is 4.15. The highest BCUT2D eigenvalue weighted by atomic mass is 32.1. The van der Waals surface area contributed by atoms with E-state index in [9.17, 15) is 4.79 Å². The lowest BCUT2D eigenvalue weighted by Crippen LogP contribution is -2.19. The van der Waals surface area contributed by atoms with E-state index in [4.69, 9.17) is 12.2 Å². The van der Waals surface area contributed by atoms with Crippen molar-refractivity contribution in [3.63, 3.8) is 0 Å². The van der Waals surface area contributed by atoms with Crippen molar-refractivity contribution in [3.05, 3.63) is 39.6 Å². The standard InChI is InChI=1S/C21H28N6OS2/c1-3-4-5-6-7-8-9-18-23-25-20(30-18)22-17(28)14-27-19(24-26-21(27)29)16-12-10-15(2)11-13-16/h10-13H,3-9,14H2,1-2H3,(H,26,29)(H,22,25,28). The molecule has 0 atom stereocenters. The second-order valence-corrected chi connectivity index (χ2v) is 8.82. The van der Waals surface area contributed by atoms with Gasteiger partial charge in [-0.3, -0.25) is 19.8 Å². The van der Waals surface area contributed by atoms with Crippen LogP contribution in [-0.2, 0) is 17.8 Å². The smallest absolute Gasteiger partial charge is 0.246 e. The lowest BCUT2D eigenvalue weighted by atomic mass is 10.1. The first-order valence-electron chi connectivity index (χ1n) is 10.4. The number of aromatic nitrogens is 5. The summed E-state index contributed by atoms with van der Waals surface area (Å²) in [5, 5.41) is 19.7. The minimum atomic E-state index is -0.205. The van der Waals surface area contributed by atoms with Gasteiger partial charge in [0.25, 0.3) is 0 Å². The number of amides is 1. The molecule has 2 aromatic heterocycles. The fraction of sp³-hybridized carbons (Fsp3) is 0.476. The van der Waals surface area contributed by atoms with Gasteiger partial charge in [0.15, 0.2) is 10.6 Å². The van der Waals surface area contributed by atoms with Crippen molar-refractivity contribution in [1.82, 2.24) is 25.0 Å². The van der Waals surface area contributed by atoms with Gasteiger partial charge in [-0.15, -0.1) is 10.2 Å². The molecule has 3 aromatic rings. The van der Waals surface area contributed by atoms with Gasteiger partial charge >= 0.3 is 0 Å². The Kier molecular flexibility index (Phi) is 8.27. The summed E-state index contributed by atoms with van der Waals surface area (Å²) in [6.45, 7) is 4.31. The van der Waals surface area contributed by atoms with Gasteiger partial charge in [0, 0.05) is 12.0 Å². The number of hydrogen-bond acceptors (Lipinski definition) is 6. The summed E-state index contributed by atoms with van der Waals surface area (Å²) >= 11 is 6.75. The fourth-order valence-electron chi connectivity index (χ4n) is 3.15. The van der Waals surface area contributed by atoms with Gasteiger partial charge in [-0.25, -0.2) is 0 Å². The maximum atomic E-state index is 12.6. The Balaban J connectivity index is 1.54. The predicted octanol–water partition coefficient (Wildman–Crippen LogP) is 5.31. The van der Waals surface area contributed by atoms with Crippen LogP contribution in [-0.4, -0.2) is 30.9 Å². The molecule has 2 heterocycles. The molecule has 1 amide bonds. The summed E-state index contributed by atoms with van der Waals surface area (Å²) < 4.78 is 2.09. The van der Waals surface area contributed by atoms with Crippen molar-refractivity contribution in [3.8, 4) is 11.4 Å². The third-order valence-electron chi connectivity index (χ3n) is 4.83. The third-order valence-corrected chi connectivity index (χ3v) is 6.04. The average Bonchev–Trinajstić information content (AvgIpc) is 3.32. The van der Waals surface area contributed by atoms with Gasteiger partial charge in [-0.1, -0.05) is 80.2 Å². The van der Waals surface area contributed by atoms with Crippen LogP contribution in [0.5, 0.6) is 0 Å². The second kappa shape index (κ2) is 11.1. The first-order valence-corrected chi connectivity index (χ1v) is 11.6. The Labute approximate surface area is 186 Å². The molecule has 160 valence electrons. The monoisotopic (exact) mass is 444 g/mol. The Morgan fingerprint density at radius 3 is 2.63 bits per heavy atom.